The molecule has 1 aromatic carbocycles. The fourth-order valence-corrected chi connectivity index (χ4v) is 3.31. The summed E-state index contributed by atoms with van der Waals surface area (Å²) < 4.78 is 1.17. The highest BCUT2D eigenvalue weighted by Crippen LogP contribution is 2.33. The van der Waals surface area contributed by atoms with E-state index >= 15 is 0 Å². The van der Waals surface area contributed by atoms with Crippen molar-refractivity contribution < 1.29 is 14.7 Å². The van der Waals surface area contributed by atoms with Crippen LogP contribution < -0.4 is 5.11 Å². The Morgan fingerprint density at radius 1 is 1.45 bits per heavy atom. The topological polar surface area (TPSA) is 60.4 Å². The number of nitrogens with zero attached hydrogens (tertiary/aromatic N) is 1. The van der Waals surface area contributed by atoms with Crippen LogP contribution in [0.4, 0.5) is 0 Å². The molecular weight excluding hydrogens is 362 g/mol. The first-order valence-electron chi connectivity index (χ1n) is 5.63. The van der Waals surface area contributed by atoms with Crippen molar-refractivity contribution in [3.8, 4) is 0 Å². The molecule has 1 aliphatic heterocycles. The van der Waals surface area contributed by atoms with Crippen LogP contribution in [0.15, 0.2) is 33.6 Å². The van der Waals surface area contributed by atoms with Gasteiger partial charge in [-0.05, 0) is 30.7 Å². The van der Waals surface area contributed by atoms with Crippen molar-refractivity contribution in [1.82, 2.24) is 4.90 Å². The number of benzene rings is 1. The Balaban J connectivity index is 2.28. The van der Waals surface area contributed by atoms with Gasteiger partial charge < -0.3 is 9.90 Å². The van der Waals surface area contributed by atoms with Gasteiger partial charge >= 0.3 is 0 Å². The normalized spacial score (nSPS) is 18.7. The van der Waals surface area contributed by atoms with Gasteiger partial charge in [-0.25, -0.2) is 0 Å². The molecule has 104 valence electrons. The maximum Gasteiger partial charge on any atom is 0.266 e. The van der Waals surface area contributed by atoms with Crippen molar-refractivity contribution in [1.29, 1.82) is 0 Å². The SMILES string of the molecule is C[C@H](C(=O)[O-])N1C(=O)/C(=C/c2ccc(Br)cc2)SC1=S. The molecule has 0 N–H and O–H groups in total. The summed E-state index contributed by atoms with van der Waals surface area (Å²) in [5.41, 5.74) is 0.842. The second-order valence-corrected chi connectivity index (χ2v) is 6.69. The zero-order valence-electron chi connectivity index (χ0n) is 10.3. The number of carboxylic acid groups (broad SMARTS) is 1. The van der Waals surface area contributed by atoms with Crippen LogP contribution >= 0.6 is 39.9 Å². The molecule has 0 bridgehead atoms. The molecule has 1 amide bonds. The molecule has 1 aliphatic rings. The van der Waals surface area contributed by atoms with E-state index in [2.05, 4.69) is 15.9 Å². The molecule has 1 saturated heterocycles. The lowest BCUT2D eigenvalue weighted by Gasteiger charge is -2.23. The zero-order chi connectivity index (χ0) is 14.9. The minimum absolute atomic E-state index is 0.232. The molecule has 7 heteroatoms. The Bertz CT molecular complexity index is 613. The summed E-state index contributed by atoms with van der Waals surface area (Å²) in [6.07, 6.45) is 1.69. The molecule has 0 aromatic heterocycles. The smallest absolute Gasteiger partial charge is 0.266 e. The number of hydrogen-bond donors (Lipinski definition) is 0. The van der Waals surface area contributed by atoms with Crippen molar-refractivity contribution in [2.75, 3.05) is 0 Å². The second-order valence-electron chi connectivity index (χ2n) is 4.10. The summed E-state index contributed by atoms with van der Waals surface area (Å²) in [6.45, 7) is 1.38. The number of thiocarbonyl (C=S) groups is 1. The first kappa shape index (κ1) is 15.2. The maximum absolute atomic E-state index is 12.2. The third-order valence-corrected chi connectivity index (χ3v) is 4.58. The van der Waals surface area contributed by atoms with Crippen LogP contribution in [0.2, 0.25) is 0 Å². The van der Waals surface area contributed by atoms with Crippen molar-refractivity contribution in [2.24, 2.45) is 0 Å². The van der Waals surface area contributed by atoms with Gasteiger partial charge in [-0.3, -0.25) is 9.69 Å². The first-order chi connectivity index (χ1) is 9.40. The number of thioether (sulfide) groups is 1. The van der Waals surface area contributed by atoms with Crippen LogP contribution in [0.3, 0.4) is 0 Å². The molecule has 0 spiro atoms. The fraction of sp³-hybridized carbons (Fsp3) is 0.154. The Morgan fingerprint density at radius 2 is 2.05 bits per heavy atom. The number of aliphatic carboxylic acids is 1. The molecule has 1 heterocycles. The van der Waals surface area contributed by atoms with Crippen LogP contribution in [0, 0.1) is 0 Å². The van der Waals surface area contributed by atoms with E-state index < -0.39 is 17.9 Å². The number of carbonyl (C=O) groups excluding carboxylic acids is 2. The van der Waals surface area contributed by atoms with Crippen molar-refractivity contribution in [3.05, 3.63) is 39.2 Å². The lowest BCUT2D eigenvalue weighted by Crippen LogP contribution is -2.48. The molecule has 1 fully saturated rings. The van der Waals surface area contributed by atoms with Crippen LogP contribution in [-0.2, 0) is 9.59 Å². The number of rotatable bonds is 3. The van der Waals surface area contributed by atoms with Crippen molar-refractivity contribution >= 4 is 62.2 Å². The van der Waals surface area contributed by atoms with Crippen LogP contribution in [-0.4, -0.2) is 27.1 Å². The van der Waals surface area contributed by atoms with Crippen LogP contribution in [0.25, 0.3) is 6.08 Å². The number of halogens is 1. The predicted octanol–water partition coefficient (Wildman–Crippen LogP) is 1.79. The molecule has 1 atom stereocenters. The summed E-state index contributed by atoms with van der Waals surface area (Å²) in [6, 6.07) is 6.34. The lowest BCUT2D eigenvalue weighted by molar-refractivity contribution is -0.309. The highest BCUT2D eigenvalue weighted by molar-refractivity contribution is 9.10. The summed E-state index contributed by atoms with van der Waals surface area (Å²) in [7, 11) is 0. The third-order valence-electron chi connectivity index (χ3n) is 2.72. The minimum Gasteiger partial charge on any atom is -0.548 e. The molecular formula is C13H9BrNO3S2-. The standard InChI is InChI=1S/C13H10BrNO3S2/c1-7(12(17)18)15-11(16)10(20-13(15)19)6-8-2-4-9(14)5-3-8/h2-7H,1H3,(H,17,18)/p-1/b10-6-/t7-/m1/s1. The fourth-order valence-electron chi connectivity index (χ4n) is 1.63. The quantitative estimate of drug-likeness (QED) is 0.599. The number of hydrogen-bond acceptors (Lipinski definition) is 5. The van der Waals surface area contributed by atoms with E-state index in [9.17, 15) is 14.7 Å². The lowest BCUT2D eigenvalue weighted by atomic mass is 10.2. The summed E-state index contributed by atoms with van der Waals surface area (Å²) in [4.78, 5) is 24.5. The van der Waals surface area contributed by atoms with E-state index in [1.165, 1.54) is 6.92 Å². The van der Waals surface area contributed by atoms with E-state index in [1.54, 1.807) is 6.08 Å². The van der Waals surface area contributed by atoms with E-state index in [1.807, 2.05) is 24.3 Å². The predicted molar refractivity (Wildman–Crippen MR) is 83.6 cm³/mol. The number of carbonyl (C=O) groups is 2. The molecule has 20 heavy (non-hydrogen) atoms. The van der Waals surface area contributed by atoms with Gasteiger partial charge in [0, 0.05) is 4.47 Å². The molecule has 1 aromatic rings. The zero-order valence-corrected chi connectivity index (χ0v) is 13.5. The Morgan fingerprint density at radius 3 is 2.60 bits per heavy atom. The first-order valence-corrected chi connectivity index (χ1v) is 7.65. The van der Waals surface area contributed by atoms with E-state index in [4.69, 9.17) is 12.2 Å². The minimum atomic E-state index is -1.33. The largest absolute Gasteiger partial charge is 0.548 e. The van der Waals surface area contributed by atoms with Gasteiger partial charge in [-0.1, -0.05) is 52.0 Å². The van der Waals surface area contributed by atoms with E-state index in [0.29, 0.717) is 4.91 Å². The van der Waals surface area contributed by atoms with E-state index in [0.717, 1.165) is 26.7 Å². The maximum atomic E-state index is 12.2. The van der Waals surface area contributed by atoms with E-state index in [-0.39, 0.29) is 4.32 Å². The molecule has 0 radical (unpaired) electrons. The molecule has 0 unspecified atom stereocenters. The summed E-state index contributed by atoms with van der Waals surface area (Å²) in [5.74, 6) is -1.73. The van der Waals surface area contributed by atoms with Gasteiger partial charge in [0.25, 0.3) is 5.91 Å². The van der Waals surface area contributed by atoms with Gasteiger partial charge in [0.15, 0.2) is 0 Å². The summed E-state index contributed by atoms with van der Waals surface area (Å²) in [5, 5.41) is 10.9. The monoisotopic (exact) mass is 370 g/mol. The summed E-state index contributed by atoms with van der Waals surface area (Å²) >= 11 is 9.48. The Hall–Kier alpha value is -1.18. The van der Waals surface area contributed by atoms with Gasteiger partial charge in [0.1, 0.15) is 4.32 Å². The number of amides is 1. The van der Waals surface area contributed by atoms with Crippen LogP contribution in [0.5, 0.6) is 0 Å². The Kier molecular flexibility index (Phi) is 4.62. The average molecular weight is 371 g/mol. The highest BCUT2D eigenvalue weighted by atomic mass is 79.9. The molecule has 4 nitrogen and oxygen atoms in total. The van der Waals surface area contributed by atoms with Crippen LogP contribution in [0.1, 0.15) is 12.5 Å². The van der Waals surface area contributed by atoms with Gasteiger partial charge in [0.05, 0.1) is 16.9 Å². The second kappa shape index (κ2) is 6.07. The number of carboxylic acids is 1. The third kappa shape index (κ3) is 3.11. The van der Waals surface area contributed by atoms with Crippen molar-refractivity contribution in [2.45, 2.75) is 13.0 Å². The van der Waals surface area contributed by atoms with Gasteiger partial charge in [-0.15, -0.1) is 0 Å². The molecule has 2 rings (SSSR count). The van der Waals surface area contributed by atoms with Gasteiger partial charge in [-0.2, -0.15) is 0 Å². The average Bonchev–Trinajstić information content (AvgIpc) is 2.66. The highest BCUT2D eigenvalue weighted by Gasteiger charge is 2.35. The van der Waals surface area contributed by atoms with Crippen molar-refractivity contribution in [3.63, 3.8) is 0 Å². The van der Waals surface area contributed by atoms with Gasteiger partial charge in [0.2, 0.25) is 0 Å². The Labute approximate surface area is 134 Å². The molecule has 0 saturated carbocycles. The molecule has 0 aliphatic carbocycles.